The number of thiophene rings is 1. The summed E-state index contributed by atoms with van der Waals surface area (Å²) in [4.78, 5) is 15.5. The Morgan fingerprint density at radius 2 is 2.00 bits per heavy atom. The number of nitrogens with one attached hydrogen (secondary N) is 1. The van der Waals surface area contributed by atoms with E-state index < -0.39 is 0 Å². The summed E-state index contributed by atoms with van der Waals surface area (Å²) in [7, 11) is 7.12. The van der Waals surface area contributed by atoms with Crippen molar-refractivity contribution >= 4 is 17.2 Å². The Bertz CT molecular complexity index is 921. The molecule has 0 aliphatic carbocycles. The Hall–Kier alpha value is -2.84. The van der Waals surface area contributed by atoms with E-state index in [9.17, 15) is 4.79 Å². The first kappa shape index (κ1) is 19.9. The van der Waals surface area contributed by atoms with Crippen LogP contribution in [0.15, 0.2) is 46.3 Å². The van der Waals surface area contributed by atoms with E-state index in [0.29, 0.717) is 23.8 Å². The lowest BCUT2D eigenvalue weighted by atomic mass is 10.0. The molecule has 0 fully saturated rings. The SMILES string of the molecule is COc1ccc([C@@H](CNC(=O)c2cc(-c3cccs3)on2)N(C)C)cc1OC. The van der Waals surface area contributed by atoms with E-state index in [2.05, 4.69) is 10.5 Å². The van der Waals surface area contributed by atoms with Gasteiger partial charge in [0.1, 0.15) is 0 Å². The van der Waals surface area contributed by atoms with Crippen molar-refractivity contribution in [1.29, 1.82) is 0 Å². The van der Waals surface area contributed by atoms with Crippen LogP contribution in [0, 0.1) is 0 Å². The van der Waals surface area contributed by atoms with Crippen molar-refractivity contribution in [2.45, 2.75) is 6.04 Å². The summed E-state index contributed by atoms with van der Waals surface area (Å²) in [6, 6.07) is 11.2. The van der Waals surface area contributed by atoms with Crippen molar-refractivity contribution in [3.8, 4) is 22.1 Å². The summed E-state index contributed by atoms with van der Waals surface area (Å²) in [6.07, 6.45) is 0. The summed E-state index contributed by atoms with van der Waals surface area (Å²) in [5.41, 5.74) is 1.26. The predicted molar refractivity (Wildman–Crippen MR) is 108 cm³/mol. The van der Waals surface area contributed by atoms with Crippen LogP contribution in [0.1, 0.15) is 22.1 Å². The van der Waals surface area contributed by atoms with Gasteiger partial charge in [0.2, 0.25) is 0 Å². The summed E-state index contributed by atoms with van der Waals surface area (Å²) in [6.45, 7) is 0.405. The molecule has 1 atom stereocenters. The number of ether oxygens (including phenoxy) is 2. The molecule has 2 aromatic heterocycles. The van der Waals surface area contributed by atoms with Crippen LogP contribution in [0.3, 0.4) is 0 Å². The second kappa shape index (κ2) is 8.90. The highest BCUT2D eigenvalue weighted by molar-refractivity contribution is 7.13. The van der Waals surface area contributed by atoms with Gasteiger partial charge in [-0.05, 0) is 43.2 Å². The molecule has 7 nitrogen and oxygen atoms in total. The fourth-order valence-electron chi connectivity index (χ4n) is 2.86. The maximum absolute atomic E-state index is 12.5. The van der Waals surface area contributed by atoms with Crippen LogP contribution in [-0.2, 0) is 0 Å². The third kappa shape index (κ3) is 4.35. The maximum Gasteiger partial charge on any atom is 0.273 e. The van der Waals surface area contributed by atoms with Crippen LogP contribution in [0.4, 0.5) is 0 Å². The molecule has 0 aliphatic heterocycles. The zero-order valence-corrected chi connectivity index (χ0v) is 17.1. The molecule has 1 N–H and O–H groups in total. The molecule has 8 heteroatoms. The topological polar surface area (TPSA) is 76.8 Å². The van der Waals surface area contributed by atoms with Gasteiger partial charge in [0, 0.05) is 12.6 Å². The normalized spacial score (nSPS) is 12.0. The molecule has 1 aromatic carbocycles. The van der Waals surface area contributed by atoms with Gasteiger partial charge in [-0.1, -0.05) is 17.3 Å². The summed E-state index contributed by atoms with van der Waals surface area (Å²) < 4.78 is 16.0. The highest BCUT2D eigenvalue weighted by Gasteiger charge is 2.20. The standard InChI is InChI=1S/C20H23N3O4S/c1-23(2)15(13-7-8-16(25-3)17(10-13)26-4)12-21-20(24)14-11-18(27-22-14)19-6-5-9-28-19/h5-11,15H,12H2,1-4H3,(H,21,24)/t15-/m1/s1. The highest BCUT2D eigenvalue weighted by Crippen LogP contribution is 2.31. The lowest BCUT2D eigenvalue weighted by Gasteiger charge is -2.25. The molecular formula is C20H23N3O4S. The predicted octanol–water partition coefficient (Wildman–Crippen LogP) is 3.45. The molecular weight excluding hydrogens is 378 g/mol. The Kier molecular flexibility index (Phi) is 6.33. The summed E-state index contributed by atoms with van der Waals surface area (Å²) >= 11 is 1.53. The molecule has 0 aliphatic rings. The Morgan fingerprint density at radius 1 is 1.21 bits per heavy atom. The lowest BCUT2D eigenvalue weighted by molar-refractivity contribution is 0.0933. The van der Waals surface area contributed by atoms with Crippen molar-refractivity contribution in [3.05, 3.63) is 53.0 Å². The van der Waals surface area contributed by atoms with E-state index in [1.54, 1.807) is 20.3 Å². The Labute approximate surface area is 167 Å². The molecule has 0 saturated heterocycles. The van der Waals surface area contributed by atoms with Gasteiger partial charge in [0.25, 0.3) is 5.91 Å². The molecule has 0 spiro atoms. The highest BCUT2D eigenvalue weighted by atomic mass is 32.1. The first-order valence-electron chi connectivity index (χ1n) is 8.70. The summed E-state index contributed by atoms with van der Waals surface area (Å²) in [5.74, 6) is 1.62. The molecule has 0 unspecified atom stereocenters. The number of methoxy groups -OCH3 is 2. The first-order chi connectivity index (χ1) is 13.5. The number of rotatable bonds is 8. The molecule has 0 bridgehead atoms. The third-order valence-corrected chi connectivity index (χ3v) is 5.26. The zero-order chi connectivity index (χ0) is 20.1. The van der Waals surface area contributed by atoms with Crippen molar-refractivity contribution in [1.82, 2.24) is 15.4 Å². The molecule has 1 amide bonds. The van der Waals surface area contributed by atoms with E-state index in [4.69, 9.17) is 14.0 Å². The monoisotopic (exact) mass is 401 g/mol. The van der Waals surface area contributed by atoms with Gasteiger partial charge in [-0.3, -0.25) is 4.79 Å². The van der Waals surface area contributed by atoms with E-state index in [-0.39, 0.29) is 17.6 Å². The molecule has 3 rings (SSSR count). The van der Waals surface area contributed by atoms with Gasteiger partial charge in [-0.15, -0.1) is 11.3 Å². The van der Waals surface area contributed by atoms with Gasteiger partial charge in [0.05, 0.1) is 25.1 Å². The molecule has 28 heavy (non-hydrogen) atoms. The molecule has 2 heterocycles. The van der Waals surface area contributed by atoms with E-state index in [1.807, 2.05) is 54.7 Å². The van der Waals surface area contributed by atoms with Crippen LogP contribution in [0.2, 0.25) is 0 Å². The van der Waals surface area contributed by atoms with Crippen molar-refractivity contribution in [2.75, 3.05) is 34.9 Å². The first-order valence-corrected chi connectivity index (χ1v) is 9.58. The van der Waals surface area contributed by atoms with Gasteiger partial charge < -0.3 is 24.2 Å². The average molecular weight is 401 g/mol. The van der Waals surface area contributed by atoms with Crippen LogP contribution < -0.4 is 14.8 Å². The number of carbonyl (C=O) groups excluding carboxylic acids is 1. The number of amides is 1. The Balaban J connectivity index is 1.71. The zero-order valence-electron chi connectivity index (χ0n) is 16.3. The van der Waals surface area contributed by atoms with E-state index >= 15 is 0 Å². The number of aromatic nitrogens is 1. The summed E-state index contributed by atoms with van der Waals surface area (Å²) in [5, 5.41) is 8.77. The van der Waals surface area contributed by atoms with E-state index in [0.717, 1.165) is 10.4 Å². The maximum atomic E-state index is 12.5. The van der Waals surface area contributed by atoms with Crippen molar-refractivity contribution in [2.24, 2.45) is 0 Å². The Morgan fingerprint density at radius 3 is 2.64 bits per heavy atom. The number of carbonyl (C=O) groups is 1. The number of likely N-dealkylation sites (N-methyl/N-ethyl adjacent to an activating group) is 1. The lowest BCUT2D eigenvalue weighted by Crippen LogP contribution is -2.34. The number of benzene rings is 1. The number of nitrogens with zero attached hydrogens (tertiary/aromatic N) is 2. The minimum Gasteiger partial charge on any atom is -0.493 e. The van der Waals surface area contributed by atoms with Crippen molar-refractivity contribution < 1.29 is 18.8 Å². The third-order valence-electron chi connectivity index (χ3n) is 4.38. The molecule has 0 radical (unpaired) electrons. The van der Waals surface area contributed by atoms with Gasteiger partial charge in [-0.2, -0.15) is 0 Å². The quantitative estimate of drug-likeness (QED) is 0.623. The second-order valence-electron chi connectivity index (χ2n) is 6.36. The molecule has 3 aromatic rings. The van der Waals surface area contributed by atoms with Crippen LogP contribution >= 0.6 is 11.3 Å². The smallest absolute Gasteiger partial charge is 0.273 e. The number of hydrogen-bond acceptors (Lipinski definition) is 7. The molecule has 148 valence electrons. The van der Waals surface area contributed by atoms with Crippen molar-refractivity contribution in [3.63, 3.8) is 0 Å². The fraction of sp³-hybridized carbons (Fsp3) is 0.300. The van der Waals surface area contributed by atoms with E-state index in [1.165, 1.54) is 11.3 Å². The minimum atomic E-state index is -0.279. The largest absolute Gasteiger partial charge is 0.493 e. The van der Waals surface area contributed by atoms with Crippen LogP contribution in [0.25, 0.3) is 10.6 Å². The van der Waals surface area contributed by atoms with Gasteiger partial charge in [-0.25, -0.2) is 0 Å². The van der Waals surface area contributed by atoms with Crippen LogP contribution in [-0.4, -0.2) is 50.8 Å². The van der Waals surface area contributed by atoms with Gasteiger partial charge >= 0.3 is 0 Å². The number of hydrogen-bond donors (Lipinski definition) is 1. The second-order valence-corrected chi connectivity index (χ2v) is 7.31. The average Bonchev–Trinajstić information content (AvgIpc) is 3.39. The molecule has 0 saturated carbocycles. The van der Waals surface area contributed by atoms with Gasteiger partial charge in [0.15, 0.2) is 23.0 Å². The minimum absolute atomic E-state index is 0.0487. The fourth-order valence-corrected chi connectivity index (χ4v) is 3.53. The van der Waals surface area contributed by atoms with Crippen LogP contribution in [0.5, 0.6) is 11.5 Å².